The van der Waals surface area contributed by atoms with E-state index in [0.717, 1.165) is 59.5 Å². The summed E-state index contributed by atoms with van der Waals surface area (Å²) in [6.45, 7) is 2.22. The molecule has 0 spiro atoms. The molecule has 0 bridgehead atoms. The zero-order valence-corrected chi connectivity index (χ0v) is 19.9. The van der Waals surface area contributed by atoms with Gasteiger partial charge in [-0.15, -0.1) is 5.10 Å². The van der Waals surface area contributed by atoms with Crippen LogP contribution in [0.25, 0.3) is 27.8 Å². The number of hydrogen-bond acceptors (Lipinski definition) is 6. The zero-order valence-electron chi connectivity index (χ0n) is 19.9. The topological polar surface area (TPSA) is 84.8 Å². The zero-order chi connectivity index (χ0) is 24.5. The van der Waals surface area contributed by atoms with Gasteiger partial charge in [0.2, 0.25) is 0 Å². The summed E-state index contributed by atoms with van der Waals surface area (Å²) in [6.07, 6.45) is 7.57. The van der Waals surface area contributed by atoms with E-state index in [1.165, 1.54) is 6.07 Å². The van der Waals surface area contributed by atoms with Crippen LogP contribution in [0.15, 0.2) is 67.1 Å². The third-order valence-corrected chi connectivity index (χ3v) is 6.88. The molecule has 2 aromatic carbocycles. The Kier molecular flexibility index (Phi) is 5.90. The second kappa shape index (κ2) is 9.50. The number of halogens is 1. The average molecular weight is 484 g/mol. The smallest absolute Gasteiger partial charge is 0.131 e. The number of methoxy groups -OCH3 is 1. The molecule has 0 saturated carbocycles. The lowest BCUT2D eigenvalue weighted by atomic mass is 9.95. The van der Waals surface area contributed by atoms with Gasteiger partial charge in [-0.3, -0.25) is 15.0 Å². The van der Waals surface area contributed by atoms with Gasteiger partial charge < -0.3 is 4.74 Å². The summed E-state index contributed by atoms with van der Waals surface area (Å²) in [5, 5.41) is 17.6. The second-order valence-corrected chi connectivity index (χ2v) is 9.12. The highest BCUT2D eigenvalue weighted by Gasteiger charge is 2.25. The molecule has 1 fully saturated rings. The van der Waals surface area contributed by atoms with Crippen LogP contribution in [-0.4, -0.2) is 55.3 Å². The van der Waals surface area contributed by atoms with Gasteiger partial charge in [-0.05, 0) is 61.9 Å². The van der Waals surface area contributed by atoms with Crippen LogP contribution in [0.2, 0.25) is 0 Å². The summed E-state index contributed by atoms with van der Waals surface area (Å²) in [6, 6.07) is 15.0. The van der Waals surface area contributed by atoms with Crippen LogP contribution < -0.4 is 4.74 Å². The van der Waals surface area contributed by atoms with Crippen molar-refractivity contribution < 1.29 is 9.13 Å². The van der Waals surface area contributed by atoms with Gasteiger partial charge in [-0.1, -0.05) is 11.3 Å². The number of likely N-dealkylation sites (tertiary alicyclic amines) is 1. The molecule has 6 rings (SSSR count). The lowest BCUT2D eigenvalue weighted by Crippen LogP contribution is -2.34. The molecule has 9 heteroatoms. The molecule has 0 radical (unpaired) electrons. The van der Waals surface area contributed by atoms with Crippen LogP contribution in [0.1, 0.15) is 30.0 Å². The SMILES string of the molecule is COc1cccc(F)c1CN1CCC[C@@H](c2cn(-c3ccc4[nH]nc(-c5ccncc5)c4c3)nn2)C1. The Balaban J connectivity index is 1.23. The van der Waals surface area contributed by atoms with E-state index in [9.17, 15) is 4.39 Å². The number of aromatic nitrogens is 6. The first kappa shape index (κ1) is 22.4. The van der Waals surface area contributed by atoms with E-state index >= 15 is 0 Å². The summed E-state index contributed by atoms with van der Waals surface area (Å²) >= 11 is 0. The van der Waals surface area contributed by atoms with E-state index < -0.39 is 0 Å². The number of pyridine rings is 1. The van der Waals surface area contributed by atoms with Crippen LogP contribution in [0.3, 0.4) is 0 Å². The predicted molar refractivity (Wildman–Crippen MR) is 134 cm³/mol. The molecule has 36 heavy (non-hydrogen) atoms. The van der Waals surface area contributed by atoms with Crippen molar-refractivity contribution >= 4 is 10.9 Å². The van der Waals surface area contributed by atoms with Gasteiger partial charge in [0.1, 0.15) is 17.3 Å². The molecule has 8 nitrogen and oxygen atoms in total. The van der Waals surface area contributed by atoms with Gasteiger partial charge in [-0.25, -0.2) is 9.07 Å². The molecule has 0 amide bonds. The number of nitrogens with one attached hydrogen (secondary N) is 1. The maximum Gasteiger partial charge on any atom is 0.131 e. The molecule has 4 heterocycles. The quantitative estimate of drug-likeness (QED) is 0.376. The van der Waals surface area contributed by atoms with Gasteiger partial charge >= 0.3 is 0 Å². The Morgan fingerprint density at radius 2 is 2.03 bits per heavy atom. The first-order valence-electron chi connectivity index (χ1n) is 12.0. The fourth-order valence-electron chi connectivity index (χ4n) is 5.01. The molecule has 3 aromatic heterocycles. The molecular formula is C27H26FN7O. The number of ether oxygens (including phenoxy) is 1. The highest BCUT2D eigenvalue weighted by Crippen LogP contribution is 2.31. The maximum absolute atomic E-state index is 14.5. The Morgan fingerprint density at radius 3 is 2.89 bits per heavy atom. The first-order chi connectivity index (χ1) is 17.7. The molecule has 5 aromatic rings. The predicted octanol–water partition coefficient (Wildman–Crippen LogP) is 4.73. The number of piperidine rings is 1. The number of H-pyrrole nitrogens is 1. The fourth-order valence-corrected chi connectivity index (χ4v) is 5.01. The maximum atomic E-state index is 14.5. The van der Waals surface area contributed by atoms with Crippen molar-refractivity contribution in [3.8, 4) is 22.7 Å². The second-order valence-electron chi connectivity index (χ2n) is 9.12. The Morgan fingerprint density at radius 1 is 1.14 bits per heavy atom. The van der Waals surface area contributed by atoms with Crippen molar-refractivity contribution in [3.63, 3.8) is 0 Å². The largest absolute Gasteiger partial charge is 0.496 e. The molecule has 0 aliphatic carbocycles. The summed E-state index contributed by atoms with van der Waals surface area (Å²) in [4.78, 5) is 6.37. The number of fused-ring (bicyclic) bond motifs is 1. The summed E-state index contributed by atoms with van der Waals surface area (Å²) in [7, 11) is 1.58. The molecule has 1 N–H and O–H groups in total. The molecule has 0 unspecified atom stereocenters. The Bertz CT molecular complexity index is 1500. The van der Waals surface area contributed by atoms with Gasteiger partial charge in [0.15, 0.2) is 0 Å². The molecule has 1 saturated heterocycles. The van der Waals surface area contributed by atoms with Crippen LogP contribution in [0.5, 0.6) is 5.75 Å². The number of benzene rings is 2. The van der Waals surface area contributed by atoms with E-state index in [0.29, 0.717) is 17.9 Å². The summed E-state index contributed by atoms with van der Waals surface area (Å²) < 4.78 is 21.7. The number of hydrogen-bond donors (Lipinski definition) is 1. The van der Waals surface area contributed by atoms with Gasteiger partial charge in [0.05, 0.1) is 30.2 Å². The lowest BCUT2D eigenvalue weighted by Gasteiger charge is -2.32. The number of nitrogens with zero attached hydrogens (tertiary/aromatic N) is 6. The normalized spacial score (nSPS) is 16.4. The third-order valence-electron chi connectivity index (χ3n) is 6.88. The third kappa shape index (κ3) is 4.22. The monoisotopic (exact) mass is 483 g/mol. The number of aromatic amines is 1. The van der Waals surface area contributed by atoms with E-state index in [4.69, 9.17) is 4.74 Å². The molecular weight excluding hydrogens is 457 g/mol. The van der Waals surface area contributed by atoms with E-state index in [2.05, 4.69) is 36.5 Å². The minimum absolute atomic E-state index is 0.232. The molecule has 1 atom stereocenters. The van der Waals surface area contributed by atoms with E-state index in [-0.39, 0.29) is 11.7 Å². The van der Waals surface area contributed by atoms with Crippen molar-refractivity contribution in [3.05, 3.63) is 84.2 Å². The molecule has 1 aliphatic heterocycles. The first-order valence-corrected chi connectivity index (χ1v) is 12.0. The van der Waals surface area contributed by atoms with Crippen molar-refractivity contribution in [1.82, 2.24) is 35.1 Å². The lowest BCUT2D eigenvalue weighted by molar-refractivity contribution is 0.194. The summed E-state index contributed by atoms with van der Waals surface area (Å²) in [5.74, 6) is 0.585. The molecule has 1 aliphatic rings. The minimum Gasteiger partial charge on any atom is -0.496 e. The van der Waals surface area contributed by atoms with Crippen molar-refractivity contribution in [2.75, 3.05) is 20.2 Å². The van der Waals surface area contributed by atoms with E-state index in [1.807, 2.05) is 41.2 Å². The van der Waals surface area contributed by atoms with Gasteiger partial charge in [0.25, 0.3) is 0 Å². The van der Waals surface area contributed by atoms with Crippen molar-refractivity contribution in [2.24, 2.45) is 0 Å². The van der Waals surface area contributed by atoms with Crippen LogP contribution >= 0.6 is 0 Å². The highest BCUT2D eigenvalue weighted by atomic mass is 19.1. The van der Waals surface area contributed by atoms with Crippen LogP contribution in [0, 0.1) is 5.82 Å². The van der Waals surface area contributed by atoms with Crippen LogP contribution in [0.4, 0.5) is 4.39 Å². The van der Waals surface area contributed by atoms with Crippen molar-refractivity contribution in [2.45, 2.75) is 25.3 Å². The van der Waals surface area contributed by atoms with Crippen molar-refractivity contribution in [1.29, 1.82) is 0 Å². The summed E-state index contributed by atoms with van der Waals surface area (Å²) in [5.41, 5.74) is 5.30. The van der Waals surface area contributed by atoms with Crippen LogP contribution in [-0.2, 0) is 6.54 Å². The average Bonchev–Trinajstić information content (AvgIpc) is 3.58. The Hall–Kier alpha value is -4.11. The standard InChI is InChI=1S/C27H26FN7O/c1-36-26-6-2-5-23(28)22(26)16-34-13-3-4-19(15-34)25-17-35(33-31-25)20-7-8-24-21(14-20)27(32-30-24)18-9-11-29-12-10-18/h2,5-12,14,17,19H,3-4,13,15-16H2,1H3,(H,30,32)/t19-/m1/s1. The van der Waals surface area contributed by atoms with Gasteiger partial charge in [0, 0.05) is 47.9 Å². The highest BCUT2D eigenvalue weighted by molar-refractivity contribution is 5.94. The number of rotatable bonds is 6. The minimum atomic E-state index is -0.233. The Labute approximate surface area is 207 Å². The van der Waals surface area contributed by atoms with E-state index in [1.54, 1.807) is 25.6 Å². The molecule has 182 valence electrons. The fraction of sp³-hybridized carbons (Fsp3) is 0.259. The van der Waals surface area contributed by atoms with Gasteiger partial charge in [-0.2, -0.15) is 5.10 Å².